The molecule has 100 valence electrons. The normalized spacial score (nSPS) is 10.5. The molecule has 0 bridgehead atoms. The summed E-state index contributed by atoms with van der Waals surface area (Å²) < 4.78 is 1.05. The van der Waals surface area contributed by atoms with Crippen molar-refractivity contribution in [3.8, 4) is 0 Å². The average Bonchev–Trinajstić information content (AvgIpc) is 2.73. The van der Waals surface area contributed by atoms with Crippen LogP contribution in [0.5, 0.6) is 0 Å². The molecule has 0 unspecified atom stereocenters. The van der Waals surface area contributed by atoms with Gasteiger partial charge in [-0.25, -0.2) is 4.98 Å². The predicted molar refractivity (Wildman–Crippen MR) is 85.1 cm³/mol. The van der Waals surface area contributed by atoms with E-state index in [0.717, 1.165) is 19.8 Å². The van der Waals surface area contributed by atoms with E-state index in [4.69, 9.17) is 0 Å². The third-order valence-electron chi connectivity index (χ3n) is 2.36. The highest BCUT2D eigenvalue weighted by molar-refractivity contribution is 9.10. The second-order valence-corrected chi connectivity index (χ2v) is 7.19. The molecule has 6 heteroatoms. The third-order valence-corrected chi connectivity index (χ3v) is 4.86. The van der Waals surface area contributed by atoms with E-state index in [0.29, 0.717) is 10.9 Å². The monoisotopic (exact) mass is 356 g/mol. The van der Waals surface area contributed by atoms with Crippen molar-refractivity contribution in [2.24, 2.45) is 0 Å². The Morgan fingerprint density at radius 2 is 2.26 bits per heavy atom. The fraction of sp³-hybridized carbons (Fsp3) is 0.231. The molecule has 0 aliphatic heterocycles. The first-order chi connectivity index (χ1) is 9.04. The maximum absolute atomic E-state index is 11.8. The number of thioether (sulfide) groups is 1. The lowest BCUT2D eigenvalue weighted by Crippen LogP contribution is -2.13. The van der Waals surface area contributed by atoms with Crippen LogP contribution < -0.4 is 5.32 Å². The molecule has 2 rings (SSSR count). The highest BCUT2D eigenvalue weighted by Crippen LogP contribution is 2.25. The van der Waals surface area contributed by atoms with Gasteiger partial charge in [-0.3, -0.25) is 4.79 Å². The van der Waals surface area contributed by atoms with Crippen LogP contribution in [0, 0.1) is 13.8 Å². The summed E-state index contributed by atoms with van der Waals surface area (Å²) in [6, 6.07) is 6.05. The van der Waals surface area contributed by atoms with Gasteiger partial charge in [-0.15, -0.1) is 23.1 Å². The number of anilines is 1. The molecule has 1 heterocycles. The largest absolute Gasteiger partial charge is 0.301 e. The van der Waals surface area contributed by atoms with E-state index in [1.165, 1.54) is 23.1 Å². The number of halogens is 1. The Balaban J connectivity index is 1.89. The Labute approximate surface area is 129 Å². The van der Waals surface area contributed by atoms with Gasteiger partial charge in [0.05, 0.1) is 5.75 Å². The number of carbonyl (C=O) groups is 1. The van der Waals surface area contributed by atoms with Crippen LogP contribution in [0.4, 0.5) is 5.13 Å². The number of aromatic nitrogens is 1. The number of amides is 1. The van der Waals surface area contributed by atoms with Crippen molar-refractivity contribution in [1.82, 2.24) is 4.98 Å². The summed E-state index contributed by atoms with van der Waals surface area (Å²) >= 11 is 6.45. The van der Waals surface area contributed by atoms with Gasteiger partial charge in [0.1, 0.15) is 0 Å². The zero-order valence-electron chi connectivity index (χ0n) is 10.6. The van der Waals surface area contributed by atoms with Crippen molar-refractivity contribution >= 4 is 50.1 Å². The van der Waals surface area contributed by atoms with Crippen molar-refractivity contribution in [2.45, 2.75) is 18.7 Å². The highest BCUT2D eigenvalue weighted by Gasteiger charge is 2.07. The maximum atomic E-state index is 11.8. The van der Waals surface area contributed by atoms with Crippen molar-refractivity contribution in [2.75, 3.05) is 11.1 Å². The first-order valence-corrected chi connectivity index (χ1v) is 8.25. The van der Waals surface area contributed by atoms with E-state index in [-0.39, 0.29) is 5.91 Å². The summed E-state index contributed by atoms with van der Waals surface area (Å²) in [6.07, 6.45) is 1.76. The average molecular weight is 357 g/mol. The number of nitrogens with one attached hydrogen (secondary N) is 1. The Bertz CT molecular complexity index is 598. The molecular formula is C13H13BrN2OS2. The Morgan fingerprint density at radius 3 is 2.89 bits per heavy atom. The molecule has 1 amide bonds. The third kappa shape index (κ3) is 4.33. The summed E-state index contributed by atoms with van der Waals surface area (Å²) in [5.74, 6) is 0.364. The second kappa shape index (κ2) is 6.54. The van der Waals surface area contributed by atoms with Crippen molar-refractivity contribution in [1.29, 1.82) is 0 Å². The molecule has 0 saturated heterocycles. The van der Waals surface area contributed by atoms with Crippen LogP contribution in [-0.4, -0.2) is 16.6 Å². The van der Waals surface area contributed by atoms with Gasteiger partial charge in [0.25, 0.3) is 0 Å². The van der Waals surface area contributed by atoms with Gasteiger partial charge in [-0.1, -0.05) is 15.9 Å². The van der Waals surface area contributed by atoms with Crippen LogP contribution in [0.15, 0.2) is 33.8 Å². The summed E-state index contributed by atoms with van der Waals surface area (Å²) in [6.45, 7) is 4.00. The van der Waals surface area contributed by atoms with Crippen molar-refractivity contribution in [3.05, 3.63) is 39.3 Å². The SMILES string of the molecule is Cc1cnc(NC(=O)CSc2ccc(Br)cc2C)s1. The quantitative estimate of drug-likeness (QED) is 0.832. The molecule has 1 aromatic carbocycles. The van der Waals surface area contributed by atoms with Crippen LogP contribution in [0.25, 0.3) is 0 Å². The topological polar surface area (TPSA) is 42.0 Å². The van der Waals surface area contributed by atoms with Gasteiger partial charge >= 0.3 is 0 Å². The molecule has 0 radical (unpaired) electrons. The Hall–Kier alpha value is -0.850. The summed E-state index contributed by atoms with van der Waals surface area (Å²) in [5, 5.41) is 3.46. The minimum absolute atomic E-state index is 0.0262. The molecule has 0 spiro atoms. The van der Waals surface area contributed by atoms with E-state index >= 15 is 0 Å². The molecule has 0 aliphatic carbocycles. The fourth-order valence-electron chi connectivity index (χ4n) is 1.49. The molecule has 2 aromatic rings. The van der Waals surface area contributed by atoms with Crippen LogP contribution in [0.3, 0.4) is 0 Å². The lowest BCUT2D eigenvalue weighted by atomic mass is 10.2. The first-order valence-electron chi connectivity index (χ1n) is 5.66. The summed E-state index contributed by atoms with van der Waals surface area (Å²) in [4.78, 5) is 18.1. The predicted octanol–water partition coefficient (Wildman–Crippen LogP) is 4.25. The van der Waals surface area contributed by atoms with Crippen LogP contribution >= 0.6 is 39.0 Å². The van der Waals surface area contributed by atoms with E-state index in [2.05, 4.69) is 26.2 Å². The number of hydrogen-bond donors (Lipinski definition) is 1. The number of rotatable bonds is 4. The molecule has 0 aliphatic rings. The number of hydrogen-bond acceptors (Lipinski definition) is 4. The molecule has 3 nitrogen and oxygen atoms in total. The van der Waals surface area contributed by atoms with Gasteiger partial charge in [0.2, 0.25) is 5.91 Å². The number of carbonyl (C=O) groups excluding carboxylic acids is 1. The van der Waals surface area contributed by atoms with E-state index in [1.807, 2.05) is 32.0 Å². The van der Waals surface area contributed by atoms with Crippen LogP contribution in [0.2, 0.25) is 0 Å². The maximum Gasteiger partial charge on any atom is 0.236 e. The van der Waals surface area contributed by atoms with E-state index in [1.54, 1.807) is 6.20 Å². The summed E-state index contributed by atoms with van der Waals surface area (Å²) in [5.41, 5.74) is 1.16. The van der Waals surface area contributed by atoms with Gasteiger partial charge in [0.15, 0.2) is 5.13 Å². The fourth-order valence-corrected chi connectivity index (χ4v) is 3.45. The zero-order chi connectivity index (χ0) is 13.8. The first kappa shape index (κ1) is 14.6. The standard InChI is InChI=1S/C13H13BrN2OS2/c1-8-5-10(14)3-4-11(8)18-7-12(17)16-13-15-6-9(2)19-13/h3-6H,7H2,1-2H3,(H,15,16,17). The Kier molecular flexibility index (Phi) is 5.01. The van der Waals surface area contributed by atoms with Gasteiger partial charge in [-0.05, 0) is 37.6 Å². The van der Waals surface area contributed by atoms with Gasteiger partial charge in [-0.2, -0.15) is 0 Å². The number of benzene rings is 1. The van der Waals surface area contributed by atoms with Gasteiger partial charge < -0.3 is 5.32 Å². The molecule has 1 aromatic heterocycles. The summed E-state index contributed by atoms with van der Waals surface area (Å²) in [7, 11) is 0. The van der Waals surface area contributed by atoms with E-state index < -0.39 is 0 Å². The number of aryl methyl sites for hydroxylation is 2. The number of nitrogens with zero attached hydrogens (tertiary/aromatic N) is 1. The molecule has 19 heavy (non-hydrogen) atoms. The molecule has 1 N–H and O–H groups in total. The van der Waals surface area contributed by atoms with Crippen molar-refractivity contribution in [3.63, 3.8) is 0 Å². The molecule has 0 saturated carbocycles. The molecule has 0 fully saturated rings. The highest BCUT2D eigenvalue weighted by atomic mass is 79.9. The molecular weight excluding hydrogens is 344 g/mol. The van der Waals surface area contributed by atoms with E-state index in [9.17, 15) is 4.79 Å². The lowest BCUT2D eigenvalue weighted by molar-refractivity contribution is -0.113. The minimum Gasteiger partial charge on any atom is -0.301 e. The molecule has 0 atom stereocenters. The zero-order valence-corrected chi connectivity index (χ0v) is 13.8. The second-order valence-electron chi connectivity index (χ2n) is 4.02. The Morgan fingerprint density at radius 1 is 1.47 bits per heavy atom. The van der Waals surface area contributed by atoms with Crippen molar-refractivity contribution < 1.29 is 4.79 Å². The van der Waals surface area contributed by atoms with Gasteiger partial charge in [0, 0.05) is 20.4 Å². The lowest BCUT2D eigenvalue weighted by Gasteiger charge is -2.05. The minimum atomic E-state index is -0.0262. The van der Waals surface area contributed by atoms with Crippen LogP contribution in [-0.2, 0) is 4.79 Å². The number of thiazole rings is 1. The van der Waals surface area contributed by atoms with Crippen LogP contribution in [0.1, 0.15) is 10.4 Å². The smallest absolute Gasteiger partial charge is 0.236 e.